The molecular weight excluding hydrogens is 598 g/mol. The van der Waals surface area contributed by atoms with Crippen molar-refractivity contribution in [3.05, 3.63) is 70.6 Å². The maximum Gasteiger partial charge on any atom is 0.258 e. The summed E-state index contributed by atoms with van der Waals surface area (Å²) in [6.07, 6.45) is 0.979. The van der Waals surface area contributed by atoms with Gasteiger partial charge in [-0.2, -0.15) is 0 Å². The number of halogens is 7. The average molecular weight is 615 g/mol. The molecule has 41 heavy (non-hydrogen) atoms. The van der Waals surface area contributed by atoms with Crippen molar-refractivity contribution in [1.82, 2.24) is 4.90 Å². The molecule has 3 fully saturated rings. The maximum absolute atomic E-state index is 14.9. The van der Waals surface area contributed by atoms with Crippen molar-refractivity contribution in [2.24, 2.45) is 17.8 Å². The number of carbonyl (C=O) groups is 4. The Morgan fingerprint density at radius 3 is 2.05 bits per heavy atom. The Kier molecular flexibility index (Phi) is 5.90. The van der Waals surface area contributed by atoms with Crippen molar-refractivity contribution in [2.45, 2.75) is 28.5 Å². The molecule has 0 aromatic heterocycles. The fourth-order valence-electron chi connectivity index (χ4n) is 6.80. The Bertz CT molecular complexity index is 1620. The number of allylic oxidation sites excluding steroid dienone is 2. The number of rotatable bonds is 2. The highest BCUT2D eigenvalue weighted by Crippen LogP contribution is 2.66. The number of para-hydroxylation sites is 1. The van der Waals surface area contributed by atoms with E-state index in [4.69, 9.17) is 23.2 Å². The lowest BCUT2D eigenvalue weighted by Gasteiger charge is -2.50. The predicted molar refractivity (Wildman–Crippen MR) is 132 cm³/mol. The van der Waals surface area contributed by atoms with Crippen molar-refractivity contribution in [2.75, 3.05) is 11.9 Å². The number of hydrogen-bond acceptors (Lipinski definition) is 5. The van der Waals surface area contributed by atoms with Crippen molar-refractivity contribution < 1.29 is 46.2 Å². The topological polar surface area (TPSA) is 95.0 Å². The van der Waals surface area contributed by atoms with E-state index in [1.807, 2.05) is 0 Å². The number of benzene rings is 2. The summed E-state index contributed by atoms with van der Waals surface area (Å²) in [4.78, 5) is 49.3. The van der Waals surface area contributed by atoms with Gasteiger partial charge in [-0.3, -0.25) is 24.1 Å². The third kappa shape index (κ3) is 3.20. The zero-order chi connectivity index (χ0) is 29.9. The van der Waals surface area contributed by atoms with Gasteiger partial charge in [0.1, 0.15) is 11.4 Å². The van der Waals surface area contributed by atoms with E-state index in [2.05, 4.69) is 0 Å². The Hall–Kier alpha value is -3.51. The number of amides is 4. The number of anilines is 1. The molecule has 2 heterocycles. The summed E-state index contributed by atoms with van der Waals surface area (Å²) >= 11 is 13.9. The summed E-state index contributed by atoms with van der Waals surface area (Å²) in [6, 6.07) is 5.49. The number of aromatic hydroxyl groups is 1. The van der Waals surface area contributed by atoms with Crippen molar-refractivity contribution in [3.63, 3.8) is 0 Å². The minimum absolute atomic E-state index is 0.0290. The number of hydrogen-bond donors (Lipinski definition) is 1. The van der Waals surface area contributed by atoms with Gasteiger partial charge in [-0.15, -0.1) is 23.2 Å². The van der Waals surface area contributed by atoms with Gasteiger partial charge in [-0.05, 0) is 24.8 Å². The Morgan fingerprint density at radius 2 is 1.44 bits per heavy atom. The van der Waals surface area contributed by atoms with Crippen LogP contribution in [0.2, 0.25) is 0 Å². The zero-order valence-corrected chi connectivity index (χ0v) is 22.2. The minimum Gasteiger partial charge on any atom is -0.508 e. The van der Waals surface area contributed by atoms with Gasteiger partial charge in [0.2, 0.25) is 17.6 Å². The van der Waals surface area contributed by atoms with Gasteiger partial charge in [-0.1, -0.05) is 29.8 Å². The van der Waals surface area contributed by atoms with Crippen LogP contribution in [0.25, 0.3) is 0 Å². The highest BCUT2D eigenvalue weighted by molar-refractivity contribution is 6.58. The van der Waals surface area contributed by atoms with E-state index in [1.165, 1.54) is 31.3 Å². The van der Waals surface area contributed by atoms with Gasteiger partial charge in [0.15, 0.2) is 33.0 Å². The lowest BCUT2D eigenvalue weighted by Crippen LogP contribution is -2.60. The van der Waals surface area contributed by atoms with Crippen LogP contribution in [0, 0.1) is 46.8 Å². The molecule has 214 valence electrons. The van der Waals surface area contributed by atoms with Crippen LogP contribution in [0.1, 0.15) is 24.3 Å². The summed E-state index contributed by atoms with van der Waals surface area (Å²) < 4.78 is 72.0. The number of alkyl halides is 2. The first-order chi connectivity index (χ1) is 19.2. The highest BCUT2D eigenvalue weighted by atomic mass is 35.5. The lowest BCUT2D eigenvalue weighted by atomic mass is 9.56. The molecular formula is C27H17Cl2F5N2O5. The van der Waals surface area contributed by atoms with Crippen molar-refractivity contribution >= 4 is 52.5 Å². The Labute approximate surface area is 238 Å². The van der Waals surface area contributed by atoms with E-state index < -0.39 is 104 Å². The SMILES string of the molecule is CN1C(=O)C2CC=C3C(CC4(Cl)C(=O)N(c5c(F)c(F)c(F)c(F)c5F)C(=O)C4(Cl)C3c3ccccc3O)C2C1=O. The van der Waals surface area contributed by atoms with Crippen LogP contribution in [0.4, 0.5) is 27.6 Å². The van der Waals surface area contributed by atoms with Crippen LogP contribution in [-0.4, -0.2) is 50.4 Å². The number of fused-ring (bicyclic) bond motifs is 4. The quantitative estimate of drug-likeness (QED) is 0.136. The molecule has 0 bridgehead atoms. The molecule has 0 spiro atoms. The zero-order valence-electron chi connectivity index (χ0n) is 20.7. The summed E-state index contributed by atoms with van der Waals surface area (Å²) in [5.74, 6) is -21.4. The van der Waals surface area contributed by atoms with E-state index in [0.29, 0.717) is 0 Å². The van der Waals surface area contributed by atoms with Crippen molar-refractivity contribution in [3.8, 4) is 5.75 Å². The molecule has 2 aliphatic carbocycles. The number of likely N-dealkylation sites (tertiary alicyclic amines) is 1. The van der Waals surface area contributed by atoms with Crippen LogP contribution < -0.4 is 4.90 Å². The summed E-state index contributed by atoms with van der Waals surface area (Å²) in [7, 11) is 1.28. The Balaban J connectivity index is 1.62. The molecule has 4 aliphatic rings. The lowest BCUT2D eigenvalue weighted by molar-refractivity contribution is -0.138. The fourth-order valence-corrected chi connectivity index (χ4v) is 7.73. The second-order valence-electron chi connectivity index (χ2n) is 10.5. The van der Waals surface area contributed by atoms with Gasteiger partial charge < -0.3 is 5.11 Å². The highest BCUT2D eigenvalue weighted by Gasteiger charge is 2.77. The van der Waals surface area contributed by atoms with Gasteiger partial charge in [0.05, 0.1) is 11.8 Å². The number of phenols is 1. The van der Waals surface area contributed by atoms with Gasteiger partial charge >= 0.3 is 0 Å². The second-order valence-corrected chi connectivity index (χ2v) is 11.7. The molecule has 6 unspecified atom stereocenters. The molecule has 7 nitrogen and oxygen atoms in total. The monoisotopic (exact) mass is 614 g/mol. The minimum atomic E-state index is -2.67. The molecule has 2 aliphatic heterocycles. The molecule has 0 radical (unpaired) electrons. The summed E-state index contributed by atoms with van der Waals surface area (Å²) in [5.41, 5.74) is -1.65. The molecule has 2 aromatic carbocycles. The predicted octanol–water partition coefficient (Wildman–Crippen LogP) is 4.28. The van der Waals surface area contributed by atoms with E-state index >= 15 is 0 Å². The summed E-state index contributed by atoms with van der Waals surface area (Å²) in [5, 5.41) is 10.8. The van der Waals surface area contributed by atoms with Crippen LogP contribution in [0.15, 0.2) is 35.9 Å². The normalized spacial score (nSPS) is 32.7. The van der Waals surface area contributed by atoms with Crippen LogP contribution in [0.3, 0.4) is 0 Å². The first kappa shape index (κ1) is 27.6. The molecule has 6 atom stereocenters. The second kappa shape index (κ2) is 8.75. The standard InChI is InChI=1S/C27H17Cl2F5N2O5/c1-35-22(38)11-7-6-9-12(14(11)23(35)39)8-26(28)24(40)36(21-19(33)17(31)16(30)18(32)20(21)34)25(41)27(26,29)15(9)10-4-2-3-5-13(10)37/h2-6,11-12,14-15,37H,7-8H2,1H3. The molecule has 4 amide bonds. The van der Waals surface area contributed by atoms with E-state index in [9.17, 15) is 46.2 Å². The van der Waals surface area contributed by atoms with Gasteiger partial charge in [-0.25, -0.2) is 26.9 Å². The van der Waals surface area contributed by atoms with Crippen LogP contribution >= 0.6 is 23.2 Å². The number of phenolic OH excluding ortho intramolecular Hbond substituents is 1. The molecule has 6 rings (SSSR count). The largest absolute Gasteiger partial charge is 0.508 e. The molecule has 2 aromatic rings. The van der Waals surface area contributed by atoms with E-state index in [0.717, 1.165) is 4.90 Å². The van der Waals surface area contributed by atoms with Gasteiger partial charge in [0, 0.05) is 18.5 Å². The first-order valence-corrected chi connectivity index (χ1v) is 13.0. The van der Waals surface area contributed by atoms with E-state index in [-0.39, 0.29) is 22.5 Å². The number of imide groups is 2. The fraction of sp³-hybridized carbons (Fsp3) is 0.333. The number of nitrogens with zero attached hydrogens (tertiary/aromatic N) is 2. The average Bonchev–Trinajstić information content (AvgIpc) is 3.25. The molecule has 1 saturated carbocycles. The number of carbonyl (C=O) groups excluding carboxylic acids is 4. The third-order valence-corrected chi connectivity index (χ3v) is 10.1. The summed E-state index contributed by atoms with van der Waals surface area (Å²) in [6.45, 7) is 0. The van der Waals surface area contributed by atoms with Crippen LogP contribution in [-0.2, 0) is 19.2 Å². The van der Waals surface area contributed by atoms with Gasteiger partial charge in [0.25, 0.3) is 11.8 Å². The Morgan fingerprint density at radius 1 is 0.854 bits per heavy atom. The van der Waals surface area contributed by atoms with Crippen molar-refractivity contribution in [1.29, 1.82) is 0 Å². The maximum atomic E-state index is 14.9. The molecule has 1 N–H and O–H groups in total. The van der Waals surface area contributed by atoms with Crippen LogP contribution in [0.5, 0.6) is 5.75 Å². The smallest absolute Gasteiger partial charge is 0.258 e. The molecule has 14 heteroatoms. The van der Waals surface area contributed by atoms with E-state index in [1.54, 1.807) is 6.08 Å². The molecule has 2 saturated heterocycles. The third-order valence-electron chi connectivity index (χ3n) is 8.69. The first-order valence-electron chi connectivity index (χ1n) is 12.3.